The predicted molar refractivity (Wildman–Crippen MR) is 106 cm³/mol. The second-order valence-corrected chi connectivity index (χ2v) is 8.50. The SMILES string of the molecule is CN(Cc1cncc(=O)n1C)C1CN(c2ccc3nnc(C(C)(C)C)n3n2)C1. The fraction of sp³-hybridized carbons (Fsp3) is 0.526. The van der Waals surface area contributed by atoms with Crippen LogP contribution in [0, 0.1) is 0 Å². The molecule has 3 aromatic rings. The molecule has 148 valence electrons. The third kappa shape index (κ3) is 3.26. The molecule has 0 radical (unpaired) electrons. The summed E-state index contributed by atoms with van der Waals surface area (Å²) < 4.78 is 3.49. The van der Waals surface area contributed by atoms with Gasteiger partial charge in [0.05, 0.1) is 11.9 Å². The molecular weight excluding hydrogens is 356 g/mol. The van der Waals surface area contributed by atoms with Gasteiger partial charge in [0.25, 0.3) is 5.56 Å². The van der Waals surface area contributed by atoms with Crippen molar-refractivity contribution in [1.29, 1.82) is 0 Å². The number of fused-ring (bicyclic) bond motifs is 1. The van der Waals surface area contributed by atoms with Crippen LogP contribution in [-0.2, 0) is 19.0 Å². The van der Waals surface area contributed by atoms with Crippen molar-refractivity contribution >= 4 is 11.5 Å². The molecule has 0 saturated carbocycles. The van der Waals surface area contributed by atoms with Crippen LogP contribution in [-0.4, -0.2) is 60.4 Å². The van der Waals surface area contributed by atoms with E-state index in [0.717, 1.165) is 36.1 Å². The maximum Gasteiger partial charge on any atom is 0.268 e. The molecular formula is C19H26N8O. The van der Waals surface area contributed by atoms with Gasteiger partial charge in [-0.05, 0) is 19.2 Å². The molecule has 1 fully saturated rings. The maximum absolute atomic E-state index is 11.7. The zero-order valence-electron chi connectivity index (χ0n) is 17.0. The average Bonchev–Trinajstić information content (AvgIpc) is 3.01. The molecule has 0 N–H and O–H groups in total. The van der Waals surface area contributed by atoms with Gasteiger partial charge in [-0.1, -0.05) is 20.8 Å². The molecule has 0 bridgehead atoms. The molecule has 0 spiro atoms. The normalized spacial score (nSPS) is 15.4. The Morgan fingerprint density at radius 2 is 1.93 bits per heavy atom. The molecule has 28 heavy (non-hydrogen) atoms. The minimum atomic E-state index is -0.123. The van der Waals surface area contributed by atoms with Gasteiger partial charge >= 0.3 is 0 Å². The summed E-state index contributed by atoms with van der Waals surface area (Å²) in [7, 11) is 3.86. The first-order chi connectivity index (χ1) is 13.2. The molecule has 0 unspecified atom stereocenters. The molecule has 0 atom stereocenters. The van der Waals surface area contributed by atoms with Crippen LogP contribution in [0.25, 0.3) is 5.65 Å². The number of likely N-dealkylation sites (N-methyl/N-ethyl adjacent to an activating group) is 1. The summed E-state index contributed by atoms with van der Waals surface area (Å²) >= 11 is 0. The minimum absolute atomic E-state index is 0.0813. The van der Waals surface area contributed by atoms with Crippen molar-refractivity contribution in [2.45, 2.75) is 38.8 Å². The molecule has 9 nitrogen and oxygen atoms in total. The van der Waals surface area contributed by atoms with Crippen molar-refractivity contribution in [1.82, 2.24) is 34.3 Å². The Morgan fingerprint density at radius 1 is 1.18 bits per heavy atom. The molecule has 0 amide bonds. The minimum Gasteiger partial charge on any atom is -0.352 e. The lowest BCUT2D eigenvalue weighted by molar-refractivity contribution is 0.192. The molecule has 1 aliphatic rings. The fourth-order valence-electron chi connectivity index (χ4n) is 3.37. The Bertz CT molecular complexity index is 1060. The highest BCUT2D eigenvalue weighted by atomic mass is 16.1. The van der Waals surface area contributed by atoms with Crippen LogP contribution in [0.3, 0.4) is 0 Å². The second kappa shape index (κ2) is 6.66. The highest BCUT2D eigenvalue weighted by Crippen LogP contribution is 2.25. The van der Waals surface area contributed by atoms with E-state index in [2.05, 4.69) is 52.8 Å². The van der Waals surface area contributed by atoms with E-state index in [1.165, 1.54) is 6.20 Å². The molecule has 1 aliphatic heterocycles. The number of hydrogen-bond acceptors (Lipinski definition) is 7. The summed E-state index contributed by atoms with van der Waals surface area (Å²) in [6.45, 7) is 8.78. The first kappa shape index (κ1) is 18.5. The summed E-state index contributed by atoms with van der Waals surface area (Å²) in [4.78, 5) is 20.3. The van der Waals surface area contributed by atoms with Crippen molar-refractivity contribution in [3.8, 4) is 0 Å². The summed E-state index contributed by atoms with van der Waals surface area (Å²) in [5, 5.41) is 13.3. The zero-order chi connectivity index (χ0) is 20.1. The summed E-state index contributed by atoms with van der Waals surface area (Å²) in [6.07, 6.45) is 3.09. The molecule has 0 aromatic carbocycles. The number of rotatable bonds is 4. The number of hydrogen-bond donors (Lipinski definition) is 0. The number of nitrogens with zero attached hydrogens (tertiary/aromatic N) is 8. The van der Waals surface area contributed by atoms with Gasteiger partial charge in [0.2, 0.25) is 0 Å². The van der Waals surface area contributed by atoms with Crippen LogP contribution in [0.5, 0.6) is 0 Å². The quantitative estimate of drug-likeness (QED) is 0.661. The van der Waals surface area contributed by atoms with Gasteiger partial charge < -0.3 is 9.47 Å². The predicted octanol–water partition coefficient (Wildman–Crippen LogP) is 0.836. The van der Waals surface area contributed by atoms with Crippen molar-refractivity contribution in [3.05, 3.63) is 46.4 Å². The molecule has 4 heterocycles. The maximum atomic E-state index is 11.7. The van der Waals surface area contributed by atoms with Gasteiger partial charge in [-0.25, -0.2) is 0 Å². The molecule has 4 rings (SSSR count). The Kier molecular flexibility index (Phi) is 4.41. The lowest BCUT2D eigenvalue weighted by atomic mass is 9.96. The van der Waals surface area contributed by atoms with E-state index >= 15 is 0 Å². The first-order valence-electron chi connectivity index (χ1n) is 9.42. The summed E-state index contributed by atoms with van der Waals surface area (Å²) in [5.41, 5.74) is 1.47. The van der Waals surface area contributed by atoms with Gasteiger partial charge in [-0.3, -0.25) is 14.7 Å². The average molecular weight is 382 g/mol. The van der Waals surface area contributed by atoms with E-state index in [9.17, 15) is 4.79 Å². The largest absolute Gasteiger partial charge is 0.352 e. The van der Waals surface area contributed by atoms with E-state index < -0.39 is 0 Å². The van der Waals surface area contributed by atoms with Crippen LogP contribution in [0.2, 0.25) is 0 Å². The Balaban J connectivity index is 1.46. The zero-order valence-corrected chi connectivity index (χ0v) is 17.0. The lowest BCUT2D eigenvalue weighted by Crippen LogP contribution is -2.58. The topological polar surface area (TPSA) is 84.5 Å². The standard InChI is InChI=1S/C19H26N8O/c1-19(2,3)18-22-21-15-6-7-16(23-27(15)18)26-11-14(12-26)24(4)10-13-8-20-9-17(28)25(13)5/h6-9,14H,10-12H2,1-5H3. The van der Waals surface area contributed by atoms with Crippen molar-refractivity contribution < 1.29 is 0 Å². The van der Waals surface area contributed by atoms with Gasteiger partial charge in [0.15, 0.2) is 11.5 Å². The van der Waals surface area contributed by atoms with Crippen molar-refractivity contribution in [2.75, 3.05) is 25.0 Å². The smallest absolute Gasteiger partial charge is 0.268 e. The summed E-state index contributed by atoms with van der Waals surface area (Å²) in [6, 6.07) is 4.36. The van der Waals surface area contributed by atoms with Crippen LogP contribution in [0.4, 0.5) is 5.82 Å². The Morgan fingerprint density at radius 3 is 2.64 bits per heavy atom. The van der Waals surface area contributed by atoms with E-state index in [1.807, 2.05) is 16.6 Å². The molecule has 1 saturated heterocycles. The first-order valence-corrected chi connectivity index (χ1v) is 9.42. The fourth-order valence-corrected chi connectivity index (χ4v) is 3.37. The third-order valence-electron chi connectivity index (χ3n) is 5.31. The number of aromatic nitrogens is 6. The van der Waals surface area contributed by atoms with Crippen LogP contribution >= 0.6 is 0 Å². The number of anilines is 1. The van der Waals surface area contributed by atoms with Crippen LogP contribution in [0.1, 0.15) is 32.3 Å². The van der Waals surface area contributed by atoms with E-state index in [0.29, 0.717) is 12.6 Å². The Hall–Kier alpha value is -2.81. The van der Waals surface area contributed by atoms with Crippen molar-refractivity contribution in [3.63, 3.8) is 0 Å². The molecule has 9 heteroatoms. The van der Waals surface area contributed by atoms with Crippen LogP contribution in [0.15, 0.2) is 29.3 Å². The highest BCUT2D eigenvalue weighted by molar-refractivity contribution is 5.48. The van der Waals surface area contributed by atoms with Gasteiger partial charge in [0.1, 0.15) is 5.82 Å². The third-order valence-corrected chi connectivity index (χ3v) is 5.31. The van der Waals surface area contributed by atoms with Gasteiger partial charge in [-0.2, -0.15) is 4.52 Å². The van der Waals surface area contributed by atoms with Crippen LogP contribution < -0.4 is 10.5 Å². The van der Waals surface area contributed by atoms with Crippen molar-refractivity contribution in [2.24, 2.45) is 7.05 Å². The molecule has 0 aliphatic carbocycles. The monoisotopic (exact) mass is 382 g/mol. The Labute approximate surface area is 163 Å². The van der Waals surface area contributed by atoms with E-state index in [4.69, 9.17) is 5.10 Å². The lowest BCUT2D eigenvalue weighted by Gasteiger charge is -2.44. The van der Waals surface area contributed by atoms with E-state index in [1.54, 1.807) is 17.8 Å². The van der Waals surface area contributed by atoms with Gasteiger partial charge in [-0.15, -0.1) is 15.3 Å². The molecule has 3 aromatic heterocycles. The summed E-state index contributed by atoms with van der Waals surface area (Å²) in [5.74, 6) is 1.78. The second-order valence-electron chi connectivity index (χ2n) is 8.50. The van der Waals surface area contributed by atoms with E-state index in [-0.39, 0.29) is 11.0 Å². The highest BCUT2D eigenvalue weighted by Gasteiger charge is 2.32. The van der Waals surface area contributed by atoms with Gasteiger partial charge in [0, 0.05) is 44.3 Å².